The quantitative estimate of drug-likeness (QED) is 0.192. The smallest absolute Gasteiger partial charge is 0.338 e. The van der Waals surface area contributed by atoms with Crippen LogP contribution in [-0.2, 0) is 14.3 Å². The Labute approximate surface area is 291 Å². The Hall–Kier alpha value is -5.88. The van der Waals surface area contributed by atoms with Crippen LogP contribution in [0.3, 0.4) is 0 Å². The molecule has 12 heteroatoms. The standard InChI is InChI=1S/C38H35N3O8S/c1-6-48-31-18-23(14-16-29(31)49-21-33(42)40-27-13-9-11-24-10-7-8-12-26(24)27)19-32-36(43)41-35(25-15-17-28(45-3)30(20-25)46-4)34(37(44)47-5)22(2)39-38(41)50-32/h7-20,35H,6,21H2,1-5H3,(H,40,42). The third-order valence-corrected chi connectivity index (χ3v) is 9.12. The van der Waals surface area contributed by atoms with E-state index in [1.165, 1.54) is 37.2 Å². The lowest BCUT2D eigenvalue weighted by Gasteiger charge is -2.25. The van der Waals surface area contributed by atoms with Crippen molar-refractivity contribution in [2.75, 3.05) is 39.9 Å². The van der Waals surface area contributed by atoms with Crippen molar-refractivity contribution < 1.29 is 33.3 Å². The monoisotopic (exact) mass is 693 g/mol. The average molecular weight is 694 g/mol. The van der Waals surface area contributed by atoms with Crippen LogP contribution in [0.25, 0.3) is 16.8 Å². The summed E-state index contributed by atoms with van der Waals surface area (Å²) in [5.74, 6) is 0.835. The van der Waals surface area contributed by atoms with Crippen molar-refractivity contribution in [3.8, 4) is 23.0 Å². The van der Waals surface area contributed by atoms with E-state index in [0.717, 1.165) is 10.8 Å². The van der Waals surface area contributed by atoms with Crippen LogP contribution in [0.2, 0.25) is 0 Å². The number of hydrogen-bond acceptors (Lipinski definition) is 10. The first kappa shape index (κ1) is 34.0. The number of hydrogen-bond donors (Lipinski definition) is 1. The van der Waals surface area contributed by atoms with Gasteiger partial charge in [0.15, 0.2) is 34.4 Å². The van der Waals surface area contributed by atoms with E-state index >= 15 is 0 Å². The van der Waals surface area contributed by atoms with Gasteiger partial charge < -0.3 is 29.0 Å². The maximum Gasteiger partial charge on any atom is 0.338 e. The molecule has 4 aromatic carbocycles. The van der Waals surface area contributed by atoms with Crippen molar-refractivity contribution in [2.45, 2.75) is 19.9 Å². The van der Waals surface area contributed by atoms with Crippen LogP contribution in [0.15, 0.2) is 99.9 Å². The minimum Gasteiger partial charge on any atom is -0.493 e. The first-order valence-corrected chi connectivity index (χ1v) is 16.6. The van der Waals surface area contributed by atoms with E-state index in [0.29, 0.717) is 61.5 Å². The second-order valence-electron chi connectivity index (χ2n) is 11.2. The Bertz CT molecular complexity index is 2320. The Kier molecular flexibility index (Phi) is 10.0. The van der Waals surface area contributed by atoms with Crippen LogP contribution in [0.1, 0.15) is 31.0 Å². The minimum atomic E-state index is -0.824. The molecule has 1 atom stereocenters. The van der Waals surface area contributed by atoms with Crippen LogP contribution in [0.5, 0.6) is 23.0 Å². The number of carbonyl (C=O) groups is 2. The zero-order valence-corrected chi connectivity index (χ0v) is 29.0. The van der Waals surface area contributed by atoms with Crippen molar-refractivity contribution in [3.05, 3.63) is 121 Å². The SMILES string of the molecule is CCOc1cc(C=c2sc3n(c2=O)C(c2ccc(OC)c(OC)c2)C(C(=O)OC)=C(C)N=3)ccc1OCC(=O)Nc1cccc2ccccc12. The lowest BCUT2D eigenvalue weighted by Crippen LogP contribution is -2.39. The minimum absolute atomic E-state index is 0.237. The van der Waals surface area contributed by atoms with Crippen molar-refractivity contribution in [1.82, 2.24) is 4.57 Å². The molecule has 1 aliphatic rings. The predicted molar refractivity (Wildman–Crippen MR) is 191 cm³/mol. The van der Waals surface area contributed by atoms with Gasteiger partial charge in [-0.25, -0.2) is 9.79 Å². The van der Waals surface area contributed by atoms with E-state index in [-0.39, 0.29) is 23.6 Å². The van der Waals surface area contributed by atoms with Gasteiger partial charge in [-0.2, -0.15) is 0 Å². The molecule has 1 amide bonds. The molecule has 0 fully saturated rings. The molecule has 0 saturated heterocycles. The number of rotatable bonds is 11. The van der Waals surface area contributed by atoms with E-state index in [2.05, 4.69) is 10.3 Å². The summed E-state index contributed by atoms with van der Waals surface area (Å²) in [6.07, 6.45) is 1.73. The number of amides is 1. The number of carbonyl (C=O) groups excluding carboxylic acids is 2. The third kappa shape index (κ3) is 6.70. The first-order valence-electron chi connectivity index (χ1n) is 15.8. The Balaban J connectivity index is 1.31. The summed E-state index contributed by atoms with van der Waals surface area (Å²) in [5, 5.41) is 4.87. The summed E-state index contributed by atoms with van der Waals surface area (Å²) >= 11 is 1.20. The Morgan fingerprint density at radius 3 is 2.42 bits per heavy atom. The van der Waals surface area contributed by atoms with Gasteiger partial charge in [-0.15, -0.1) is 0 Å². The van der Waals surface area contributed by atoms with Gasteiger partial charge in [0, 0.05) is 11.1 Å². The number of nitrogens with zero attached hydrogens (tertiary/aromatic N) is 2. The van der Waals surface area contributed by atoms with Gasteiger partial charge in [-0.05, 0) is 66.8 Å². The van der Waals surface area contributed by atoms with Crippen molar-refractivity contribution in [2.24, 2.45) is 4.99 Å². The second-order valence-corrected chi connectivity index (χ2v) is 12.2. The molecule has 1 aromatic heterocycles. The summed E-state index contributed by atoms with van der Waals surface area (Å²) in [6.45, 7) is 3.67. The van der Waals surface area contributed by atoms with E-state index in [9.17, 15) is 14.4 Å². The van der Waals surface area contributed by atoms with Gasteiger partial charge in [-0.1, -0.05) is 59.9 Å². The zero-order valence-electron chi connectivity index (χ0n) is 28.1. The Morgan fingerprint density at radius 2 is 1.66 bits per heavy atom. The van der Waals surface area contributed by atoms with Crippen molar-refractivity contribution >= 4 is 45.7 Å². The summed E-state index contributed by atoms with van der Waals surface area (Å²) in [6, 6.07) is 23.1. The number of thiazole rings is 1. The molecule has 50 heavy (non-hydrogen) atoms. The maximum atomic E-state index is 14.1. The molecule has 5 aromatic rings. The number of allylic oxidation sites excluding steroid dienone is 1. The Morgan fingerprint density at radius 1 is 0.900 bits per heavy atom. The van der Waals surface area contributed by atoms with Crippen LogP contribution < -0.4 is 39.2 Å². The number of anilines is 1. The number of nitrogens with one attached hydrogen (secondary N) is 1. The number of aromatic nitrogens is 1. The predicted octanol–water partition coefficient (Wildman–Crippen LogP) is 4.99. The average Bonchev–Trinajstić information content (AvgIpc) is 3.43. The first-order chi connectivity index (χ1) is 24.3. The molecular formula is C38H35N3O8S. The molecule has 0 spiro atoms. The van der Waals surface area contributed by atoms with Gasteiger partial charge in [0.05, 0.1) is 49.8 Å². The summed E-state index contributed by atoms with van der Waals surface area (Å²) in [4.78, 5) is 45.1. The normalized spacial score (nSPS) is 14.1. The third-order valence-electron chi connectivity index (χ3n) is 8.14. The number of fused-ring (bicyclic) bond motifs is 2. The number of methoxy groups -OCH3 is 3. The van der Waals surface area contributed by atoms with Gasteiger partial charge in [0.2, 0.25) is 0 Å². The topological polar surface area (TPSA) is 127 Å². The highest BCUT2D eigenvalue weighted by molar-refractivity contribution is 7.07. The molecule has 1 aliphatic heterocycles. The second kappa shape index (κ2) is 14.7. The van der Waals surface area contributed by atoms with Gasteiger partial charge in [0.1, 0.15) is 0 Å². The van der Waals surface area contributed by atoms with Crippen LogP contribution >= 0.6 is 11.3 Å². The number of esters is 1. The molecule has 0 aliphatic carbocycles. The van der Waals surface area contributed by atoms with Crippen LogP contribution in [0, 0.1) is 0 Å². The highest BCUT2D eigenvalue weighted by Gasteiger charge is 2.33. The molecule has 0 saturated carbocycles. The maximum absolute atomic E-state index is 14.1. The molecule has 1 N–H and O–H groups in total. The fourth-order valence-electron chi connectivity index (χ4n) is 5.85. The van der Waals surface area contributed by atoms with Gasteiger partial charge in [0.25, 0.3) is 11.5 Å². The zero-order chi connectivity index (χ0) is 35.4. The fraction of sp³-hybridized carbons (Fsp3) is 0.211. The summed E-state index contributed by atoms with van der Waals surface area (Å²) in [5.41, 5.74) is 2.32. The highest BCUT2D eigenvalue weighted by Crippen LogP contribution is 2.36. The molecule has 1 unspecified atom stereocenters. The molecular weight excluding hydrogens is 658 g/mol. The fourth-order valence-corrected chi connectivity index (χ4v) is 6.89. The molecule has 0 radical (unpaired) electrons. The van der Waals surface area contributed by atoms with Crippen LogP contribution in [0.4, 0.5) is 5.69 Å². The van der Waals surface area contributed by atoms with E-state index in [4.69, 9.17) is 23.7 Å². The van der Waals surface area contributed by atoms with Crippen molar-refractivity contribution in [1.29, 1.82) is 0 Å². The number of benzene rings is 4. The molecule has 0 bridgehead atoms. The van der Waals surface area contributed by atoms with E-state index in [1.807, 2.05) is 49.4 Å². The highest BCUT2D eigenvalue weighted by atomic mass is 32.1. The van der Waals surface area contributed by atoms with E-state index < -0.39 is 12.0 Å². The molecule has 256 valence electrons. The molecule has 6 rings (SSSR count). The number of ether oxygens (including phenoxy) is 5. The molecule has 2 heterocycles. The van der Waals surface area contributed by atoms with E-state index in [1.54, 1.807) is 49.4 Å². The lowest BCUT2D eigenvalue weighted by atomic mass is 9.95. The van der Waals surface area contributed by atoms with Crippen LogP contribution in [-0.4, -0.2) is 51.0 Å². The van der Waals surface area contributed by atoms with Gasteiger partial charge in [-0.3, -0.25) is 14.2 Å². The summed E-state index contributed by atoms with van der Waals surface area (Å²) in [7, 11) is 4.34. The van der Waals surface area contributed by atoms with Crippen molar-refractivity contribution in [3.63, 3.8) is 0 Å². The molecule has 11 nitrogen and oxygen atoms in total. The summed E-state index contributed by atoms with van der Waals surface area (Å²) < 4.78 is 29.7. The largest absolute Gasteiger partial charge is 0.493 e. The van der Waals surface area contributed by atoms with Gasteiger partial charge >= 0.3 is 5.97 Å². The lowest BCUT2D eigenvalue weighted by molar-refractivity contribution is -0.136.